The van der Waals surface area contributed by atoms with E-state index in [-0.39, 0.29) is 11.2 Å². The quantitative estimate of drug-likeness (QED) is 0.742. The molecule has 4 heteroatoms. The summed E-state index contributed by atoms with van der Waals surface area (Å²) in [7, 11) is 1.57. The second-order valence-corrected chi connectivity index (χ2v) is 4.08. The lowest BCUT2D eigenvalue weighted by molar-refractivity contribution is 0.0954. The first-order chi connectivity index (χ1) is 7.01. The van der Waals surface area contributed by atoms with Crippen LogP contribution in [0.4, 0.5) is 0 Å². The molecule has 0 saturated carbocycles. The van der Waals surface area contributed by atoms with Crippen LogP contribution < -0.4 is 10.6 Å². The predicted molar refractivity (Wildman–Crippen MR) is 57.8 cm³/mol. The minimum absolute atomic E-state index is 0.181. The molecule has 0 amide bonds. The van der Waals surface area contributed by atoms with Crippen LogP contribution in [0.25, 0.3) is 0 Å². The molecule has 1 aromatic carbocycles. The molecule has 1 aromatic rings. The number of benzene rings is 1. The molecule has 0 saturated heterocycles. The summed E-state index contributed by atoms with van der Waals surface area (Å²) in [6.45, 7) is 4.37. The number of methoxy groups -OCH3 is 1. The Bertz CT molecular complexity index is 337. The summed E-state index contributed by atoms with van der Waals surface area (Å²) in [6.07, 6.45) is 0. The molecule has 0 fully saturated rings. The van der Waals surface area contributed by atoms with Gasteiger partial charge in [0, 0.05) is 17.0 Å². The first kappa shape index (κ1) is 11.8. The Kier molecular flexibility index (Phi) is 3.55. The van der Waals surface area contributed by atoms with Crippen molar-refractivity contribution in [2.45, 2.75) is 19.3 Å². The Morgan fingerprint density at radius 2 is 2.07 bits per heavy atom. The molecule has 1 rings (SSSR count). The SMILES string of the molecule is COc1cc(O)ccc1C(C)(C)CON. The fraction of sp³-hybridized carbons (Fsp3) is 0.455. The molecule has 0 spiro atoms. The maximum absolute atomic E-state index is 9.33. The summed E-state index contributed by atoms with van der Waals surface area (Å²) in [4.78, 5) is 4.67. The van der Waals surface area contributed by atoms with Crippen LogP contribution in [0.15, 0.2) is 18.2 Å². The van der Waals surface area contributed by atoms with Gasteiger partial charge in [0.2, 0.25) is 0 Å². The highest BCUT2D eigenvalue weighted by Crippen LogP contribution is 2.33. The van der Waals surface area contributed by atoms with E-state index in [0.29, 0.717) is 12.4 Å². The molecular formula is C11H17NO3. The number of hydrogen-bond acceptors (Lipinski definition) is 4. The van der Waals surface area contributed by atoms with Crippen molar-refractivity contribution >= 4 is 0 Å². The third-order valence-corrected chi connectivity index (χ3v) is 2.36. The summed E-state index contributed by atoms with van der Waals surface area (Å²) in [5.41, 5.74) is 0.696. The smallest absolute Gasteiger partial charge is 0.126 e. The van der Waals surface area contributed by atoms with Gasteiger partial charge < -0.3 is 14.7 Å². The second kappa shape index (κ2) is 4.51. The molecule has 0 aliphatic rings. The minimum atomic E-state index is -0.256. The maximum atomic E-state index is 9.33. The number of ether oxygens (including phenoxy) is 1. The van der Waals surface area contributed by atoms with Gasteiger partial charge in [-0.05, 0) is 6.07 Å². The van der Waals surface area contributed by atoms with Gasteiger partial charge in [0.05, 0.1) is 13.7 Å². The van der Waals surface area contributed by atoms with Crippen molar-refractivity contribution in [3.8, 4) is 11.5 Å². The Balaban J connectivity index is 3.12. The van der Waals surface area contributed by atoms with Crippen molar-refractivity contribution in [2.24, 2.45) is 5.90 Å². The molecule has 15 heavy (non-hydrogen) atoms. The second-order valence-electron chi connectivity index (χ2n) is 4.08. The van der Waals surface area contributed by atoms with Crippen LogP contribution in [0.5, 0.6) is 11.5 Å². The van der Waals surface area contributed by atoms with Gasteiger partial charge in [-0.2, -0.15) is 0 Å². The highest BCUT2D eigenvalue weighted by atomic mass is 16.6. The molecule has 0 atom stereocenters. The summed E-state index contributed by atoms with van der Waals surface area (Å²) < 4.78 is 5.20. The van der Waals surface area contributed by atoms with Gasteiger partial charge >= 0.3 is 0 Å². The first-order valence-electron chi connectivity index (χ1n) is 4.70. The van der Waals surface area contributed by atoms with Crippen molar-refractivity contribution in [3.05, 3.63) is 23.8 Å². The molecule has 0 aromatic heterocycles. The molecule has 0 aliphatic carbocycles. The van der Waals surface area contributed by atoms with Crippen LogP contribution in [0.1, 0.15) is 19.4 Å². The van der Waals surface area contributed by atoms with Gasteiger partial charge in [0.1, 0.15) is 11.5 Å². The molecule has 84 valence electrons. The summed E-state index contributed by atoms with van der Waals surface area (Å²) >= 11 is 0. The highest BCUT2D eigenvalue weighted by Gasteiger charge is 2.24. The van der Waals surface area contributed by atoms with E-state index in [1.165, 1.54) is 0 Å². The zero-order valence-electron chi connectivity index (χ0n) is 9.28. The standard InChI is InChI=1S/C11H17NO3/c1-11(2,7-15-12)9-5-4-8(13)6-10(9)14-3/h4-6,13H,7,12H2,1-3H3. The Hall–Kier alpha value is -1.26. The van der Waals surface area contributed by atoms with E-state index in [0.717, 1.165) is 5.56 Å². The number of rotatable bonds is 4. The highest BCUT2D eigenvalue weighted by molar-refractivity contribution is 5.44. The van der Waals surface area contributed by atoms with E-state index in [2.05, 4.69) is 4.84 Å². The van der Waals surface area contributed by atoms with E-state index >= 15 is 0 Å². The average molecular weight is 211 g/mol. The van der Waals surface area contributed by atoms with Crippen molar-refractivity contribution in [1.29, 1.82) is 0 Å². The number of hydrogen-bond donors (Lipinski definition) is 2. The van der Waals surface area contributed by atoms with Gasteiger partial charge in [0.25, 0.3) is 0 Å². The Morgan fingerprint density at radius 3 is 2.60 bits per heavy atom. The molecule has 0 radical (unpaired) electrons. The lowest BCUT2D eigenvalue weighted by atomic mass is 9.85. The van der Waals surface area contributed by atoms with E-state index < -0.39 is 0 Å². The largest absolute Gasteiger partial charge is 0.508 e. The minimum Gasteiger partial charge on any atom is -0.508 e. The van der Waals surface area contributed by atoms with E-state index in [1.807, 2.05) is 19.9 Å². The molecule has 4 nitrogen and oxygen atoms in total. The van der Waals surface area contributed by atoms with Gasteiger partial charge in [0.15, 0.2) is 0 Å². The van der Waals surface area contributed by atoms with Gasteiger partial charge in [-0.3, -0.25) is 0 Å². The van der Waals surface area contributed by atoms with Crippen molar-refractivity contribution in [2.75, 3.05) is 13.7 Å². The first-order valence-corrected chi connectivity index (χ1v) is 4.70. The molecule has 0 bridgehead atoms. The van der Waals surface area contributed by atoms with Crippen LogP contribution >= 0.6 is 0 Å². The van der Waals surface area contributed by atoms with Gasteiger partial charge in [-0.1, -0.05) is 19.9 Å². The molecule has 0 aliphatic heterocycles. The number of aromatic hydroxyl groups is 1. The molecule has 0 unspecified atom stereocenters. The van der Waals surface area contributed by atoms with Crippen LogP contribution in [-0.4, -0.2) is 18.8 Å². The molecule has 3 N–H and O–H groups in total. The Labute approximate surface area is 89.6 Å². The number of phenols is 1. The fourth-order valence-electron chi connectivity index (χ4n) is 1.53. The van der Waals surface area contributed by atoms with E-state index in [4.69, 9.17) is 10.6 Å². The Morgan fingerprint density at radius 1 is 1.40 bits per heavy atom. The maximum Gasteiger partial charge on any atom is 0.126 e. The third-order valence-electron chi connectivity index (χ3n) is 2.36. The molecule has 0 heterocycles. The normalized spacial score (nSPS) is 11.5. The zero-order valence-corrected chi connectivity index (χ0v) is 9.28. The summed E-state index contributed by atoms with van der Waals surface area (Å²) in [5, 5.41) is 9.33. The van der Waals surface area contributed by atoms with Crippen LogP contribution in [0.2, 0.25) is 0 Å². The zero-order chi connectivity index (χ0) is 11.5. The number of phenolic OH excluding ortho intramolecular Hbond substituents is 1. The lowest BCUT2D eigenvalue weighted by Gasteiger charge is -2.25. The van der Waals surface area contributed by atoms with E-state index in [1.54, 1.807) is 19.2 Å². The molecular weight excluding hydrogens is 194 g/mol. The van der Waals surface area contributed by atoms with Gasteiger partial charge in [-0.15, -0.1) is 0 Å². The van der Waals surface area contributed by atoms with Crippen LogP contribution in [-0.2, 0) is 10.3 Å². The van der Waals surface area contributed by atoms with Crippen molar-refractivity contribution in [1.82, 2.24) is 0 Å². The number of nitrogens with two attached hydrogens (primary N) is 1. The van der Waals surface area contributed by atoms with E-state index in [9.17, 15) is 5.11 Å². The third kappa shape index (κ3) is 2.61. The topological polar surface area (TPSA) is 64.7 Å². The average Bonchev–Trinajstić information content (AvgIpc) is 2.17. The summed E-state index contributed by atoms with van der Waals surface area (Å²) in [6, 6.07) is 5.01. The monoisotopic (exact) mass is 211 g/mol. The summed E-state index contributed by atoms with van der Waals surface area (Å²) in [5.74, 6) is 5.90. The lowest BCUT2D eigenvalue weighted by Crippen LogP contribution is -2.26. The van der Waals surface area contributed by atoms with Gasteiger partial charge in [-0.25, -0.2) is 5.90 Å². The van der Waals surface area contributed by atoms with Crippen LogP contribution in [0.3, 0.4) is 0 Å². The van der Waals surface area contributed by atoms with Crippen LogP contribution in [0, 0.1) is 0 Å². The fourth-order valence-corrected chi connectivity index (χ4v) is 1.53. The van der Waals surface area contributed by atoms with Crippen molar-refractivity contribution < 1.29 is 14.7 Å². The van der Waals surface area contributed by atoms with Crippen molar-refractivity contribution in [3.63, 3.8) is 0 Å². The predicted octanol–water partition coefficient (Wildman–Crippen LogP) is 1.57.